The fraction of sp³-hybridized carbons (Fsp3) is 0.130. The van der Waals surface area contributed by atoms with Crippen molar-refractivity contribution < 1.29 is 31.8 Å². The molecule has 0 aromatic heterocycles. The highest BCUT2D eigenvalue weighted by atomic mass is 32.2. The number of rotatable bonds is 9. The van der Waals surface area contributed by atoms with Gasteiger partial charge < -0.3 is 14.2 Å². The number of benzene rings is 3. The molecule has 3 aromatic carbocycles. The summed E-state index contributed by atoms with van der Waals surface area (Å²) in [4.78, 5) is 14.4. The molecule has 0 aliphatic carbocycles. The number of hydrogen-bond donors (Lipinski definition) is 1. The number of hydrazone groups is 1. The van der Waals surface area contributed by atoms with Crippen LogP contribution in [0.1, 0.15) is 22.8 Å². The Hall–Kier alpha value is -3.92. The van der Waals surface area contributed by atoms with Crippen molar-refractivity contribution in [1.82, 2.24) is 4.83 Å². The number of carbonyl (C=O) groups excluding carboxylic acids is 1. The number of halogens is 1. The highest BCUT2D eigenvalue weighted by molar-refractivity contribution is 7.89. The van der Waals surface area contributed by atoms with Gasteiger partial charge in [-0.15, -0.1) is 0 Å². The molecule has 8 nitrogen and oxygen atoms in total. The summed E-state index contributed by atoms with van der Waals surface area (Å²) in [6, 6.07) is 15.4. The lowest BCUT2D eigenvalue weighted by Crippen LogP contribution is -2.18. The van der Waals surface area contributed by atoms with E-state index in [9.17, 15) is 17.6 Å². The molecule has 0 bridgehead atoms. The molecule has 0 spiro atoms. The van der Waals surface area contributed by atoms with Gasteiger partial charge in [0, 0.05) is 0 Å². The molecule has 0 fully saturated rings. The molecule has 1 N–H and O–H groups in total. The Morgan fingerprint density at radius 2 is 1.73 bits per heavy atom. The SMILES string of the molecule is CCOc1ccc(S(=O)(=O)N/N=C\c2ccc(OC(=O)c3ccc(F)cc3)c(OC)c2)cc1. The third-order valence-electron chi connectivity index (χ3n) is 4.30. The summed E-state index contributed by atoms with van der Waals surface area (Å²) in [5.41, 5.74) is 0.663. The van der Waals surface area contributed by atoms with Gasteiger partial charge in [0.2, 0.25) is 0 Å². The summed E-state index contributed by atoms with van der Waals surface area (Å²) in [6.45, 7) is 2.31. The van der Waals surface area contributed by atoms with Crippen LogP contribution in [0.3, 0.4) is 0 Å². The summed E-state index contributed by atoms with van der Waals surface area (Å²) in [5.74, 6) is -0.223. The van der Waals surface area contributed by atoms with Crippen molar-refractivity contribution in [2.45, 2.75) is 11.8 Å². The van der Waals surface area contributed by atoms with Gasteiger partial charge in [0.25, 0.3) is 10.0 Å². The summed E-state index contributed by atoms with van der Waals surface area (Å²) < 4.78 is 53.6. The van der Waals surface area contributed by atoms with Crippen molar-refractivity contribution in [1.29, 1.82) is 0 Å². The molecule has 0 radical (unpaired) electrons. The molecule has 0 heterocycles. The van der Waals surface area contributed by atoms with E-state index in [4.69, 9.17) is 14.2 Å². The fourth-order valence-corrected chi connectivity index (χ4v) is 3.49. The Labute approximate surface area is 190 Å². The van der Waals surface area contributed by atoms with Gasteiger partial charge in [-0.05, 0) is 79.2 Å². The van der Waals surface area contributed by atoms with Crippen LogP contribution in [0.2, 0.25) is 0 Å². The van der Waals surface area contributed by atoms with Gasteiger partial charge in [-0.1, -0.05) is 0 Å². The first-order valence-electron chi connectivity index (χ1n) is 9.76. The fourth-order valence-electron chi connectivity index (χ4n) is 2.70. The van der Waals surface area contributed by atoms with Gasteiger partial charge in [0.1, 0.15) is 11.6 Å². The molecule has 0 amide bonds. The van der Waals surface area contributed by atoms with Gasteiger partial charge >= 0.3 is 5.97 Å². The van der Waals surface area contributed by atoms with Crippen LogP contribution in [0.15, 0.2) is 76.7 Å². The normalized spacial score (nSPS) is 11.2. The highest BCUT2D eigenvalue weighted by Crippen LogP contribution is 2.28. The van der Waals surface area contributed by atoms with Crippen LogP contribution in [-0.4, -0.2) is 34.3 Å². The van der Waals surface area contributed by atoms with Crippen LogP contribution >= 0.6 is 0 Å². The smallest absolute Gasteiger partial charge is 0.343 e. The van der Waals surface area contributed by atoms with Crippen LogP contribution in [0.5, 0.6) is 17.2 Å². The molecule has 0 atom stereocenters. The van der Waals surface area contributed by atoms with Crippen molar-refractivity contribution >= 4 is 22.2 Å². The lowest BCUT2D eigenvalue weighted by molar-refractivity contribution is 0.0729. The largest absolute Gasteiger partial charge is 0.494 e. The van der Waals surface area contributed by atoms with Crippen LogP contribution in [0.25, 0.3) is 0 Å². The molecule has 0 saturated carbocycles. The number of esters is 1. The zero-order valence-electron chi connectivity index (χ0n) is 17.8. The molecule has 0 saturated heterocycles. The Morgan fingerprint density at radius 3 is 2.36 bits per heavy atom. The number of nitrogens with one attached hydrogen (secondary N) is 1. The molecule has 3 rings (SSSR count). The van der Waals surface area contributed by atoms with Crippen LogP contribution < -0.4 is 19.0 Å². The average Bonchev–Trinajstić information content (AvgIpc) is 2.81. The second-order valence-electron chi connectivity index (χ2n) is 6.56. The molecular weight excluding hydrogens is 451 g/mol. The van der Waals surface area contributed by atoms with Gasteiger partial charge in [0.05, 0.1) is 30.4 Å². The van der Waals surface area contributed by atoms with E-state index < -0.39 is 21.8 Å². The zero-order chi connectivity index (χ0) is 23.8. The Balaban J connectivity index is 1.68. The molecule has 0 aliphatic heterocycles. The van der Waals surface area contributed by atoms with Gasteiger partial charge in [0.15, 0.2) is 11.5 Å². The Morgan fingerprint density at radius 1 is 1.03 bits per heavy atom. The monoisotopic (exact) mass is 472 g/mol. The standard InChI is InChI=1S/C23H21FN2O6S/c1-3-31-19-9-11-20(12-10-19)33(28,29)26-25-15-16-4-13-21(22(14-16)30-2)32-23(27)17-5-7-18(24)8-6-17/h4-15,26H,3H2,1-2H3/b25-15-. The second kappa shape index (κ2) is 10.6. The van der Waals surface area contributed by atoms with Crippen molar-refractivity contribution in [3.05, 3.63) is 83.7 Å². The van der Waals surface area contributed by atoms with Crippen molar-refractivity contribution in [3.63, 3.8) is 0 Å². The maximum Gasteiger partial charge on any atom is 0.343 e. The number of methoxy groups -OCH3 is 1. The highest BCUT2D eigenvalue weighted by Gasteiger charge is 2.14. The first kappa shape index (κ1) is 23.7. The van der Waals surface area contributed by atoms with Gasteiger partial charge in [-0.2, -0.15) is 13.5 Å². The number of carbonyl (C=O) groups is 1. The zero-order valence-corrected chi connectivity index (χ0v) is 18.6. The maximum absolute atomic E-state index is 13.0. The third kappa shape index (κ3) is 6.30. The van der Waals surface area contributed by atoms with Crippen molar-refractivity contribution in [2.24, 2.45) is 5.10 Å². The Bertz CT molecular complexity index is 1240. The lowest BCUT2D eigenvalue weighted by Gasteiger charge is -2.10. The number of hydrogen-bond acceptors (Lipinski definition) is 7. The molecule has 10 heteroatoms. The minimum atomic E-state index is -3.87. The van der Waals surface area contributed by atoms with Crippen LogP contribution in [0, 0.1) is 5.82 Å². The van der Waals surface area contributed by atoms with E-state index in [0.717, 1.165) is 12.1 Å². The predicted octanol–water partition coefficient (Wildman–Crippen LogP) is 3.76. The van der Waals surface area contributed by atoms with Crippen LogP contribution in [-0.2, 0) is 10.0 Å². The molecule has 33 heavy (non-hydrogen) atoms. The van der Waals surface area contributed by atoms with E-state index >= 15 is 0 Å². The lowest BCUT2D eigenvalue weighted by atomic mass is 10.2. The minimum Gasteiger partial charge on any atom is -0.494 e. The molecule has 172 valence electrons. The molecular formula is C23H21FN2O6S. The topological polar surface area (TPSA) is 103 Å². The molecule has 0 aliphatic rings. The van der Waals surface area contributed by atoms with Crippen molar-refractivity contribution in [3.8, 4) is 17.2 Å². The molecule has 3 aromatic rings. The van der Waals surface area contributed by atoms with E-state index in [1.807, 2.05) is 6.92 Å². The summed E-state index contributed by atoms with van der Waals surface area (Å²) in [6.07, 6.45) is 1.28. The van der Waals surface area contributed by atoms with Crippen LogP contribution in [0.4, 0.5) is 4.39 Å². The summed E-state index contributed by atoms with van der Waals surface area (Å²) in [5, 5.41) is 3.78. The van der Waals surface area contributed by atoms with E-state index in [1.54, 1.807) is 18.2 Å². The van der Waals surface area contributed by atoms with E-state index in [2.05, 4.69) is 9.93 Å². The number of ether oxygens (including phenoxy) is 3. The Kier molecular flexibility index (Phi) is 7.62. The minimum absolute atomic E-state index is 0.0312. The first-order valence-corrected chi connectivity index (χ1v) is 11.2. The quantitative estimate of drug-likeness (QED) is 0.220. The van der Waals surface area contributed by atoms with Gasteiger partial charge in [-0.25, -0.2) is 14.0 Å². The number of sulfonamides is 1. The number of nitrogens with zero attached hydrogens (tertiary/aromatic N) is 1. The van der Waals surface area contributed by atoms with Crippen molar-refractivity contribution in [2.75, 3.05) is 13.7 Å². The molecule has 0 unspecified atom stereocenters. The maximum atomic E-state index is 13.0. The van der Waals surface area contributed by atoms with E-state index in [-0.39, 0.29) is 22.0 Å². The average molecular weight is 472 g/mol. The second-order valence-corrected chi connectivity index (χ2v) is 8.22. The third-order valence-corrected chi connectivity index (χ3v) is 5.54. The predicted molar refractivity (Wildman–Crippen MR) is 120 cm³/mol. The van der Waals surface area contributed by atoms with Gasteiger partial charge in [-0.3, -0.25) is 0 Å². The summed E-state index contributed by atoms with van der Waals surface area (Å²) in [7, 11) is -2.48. The van der Waals surface area contributed by atoms with E-state index in [1.165, 1.54) is 49.7 Å². The van der Waals surface area contributed by atoms with E-state index in [0.29, 0.717) is 17.9 Å². The first-order chi connectivity index (χ1) is 15.8. The summed E-state index contributed by atoms with van der Waals surface area (Å²) >= 11 is 0.